The number of nitrogens with one attached hydrogen (secondary N) is 1. The third-order valence-electron chi connectivity index (χ3n) is 3.89. The van der Waals surface area contributed by atoms with Crippen molar-refractivity contribution in [3.8, 4) is 17.1 Å². The van der Waals surface area contributed by atoms with Crippen LogP contribution >= 0.6 is 0 Å². The molecule has 118 valence electrons. The molecule has 4 aromatic rings. The topological polar surface area (TPSA) is 59.4 Å². The number of H-pyrrole nitrogens is 1. The molecule has 1 aromatic carbocycles. The summed E-state index contributed by atoms with van der Waals surface area (Å²) in [7, 11) is 0. The van der Waals surface area contributed by atoms with Crippen molar-refractivity contribution in [3.63, 3.8) is 0 Å². The SMILES string of the molecule is c1ccc(-c2cnc(CCc3cccc(-n4ccnc4)n3)[nH]2)cc1. The molecule has 5 heteroatoms. The first-order chi connectivity index (χ1) is 11.9. The van der Waals surface area contributed by atoms with E-state index in [0.717, 1.165) is 41.4 Å². The zero-order valence-corrected chi connectivity index (χ0v) is 13.1. The number of nitrogens with zero attached hydrogens (tertiary/aromatic N) is 4. The number of benzene rings is 1. The molecule has 0 saturated carbocycles. The number of imidazole rings is 2. The molecule has 0 aliphatic rings. The number of aromatic amines is 1. The Morgan fingerprint density at radius 2 is 1.88 bits per heavy atom. The second-order valence-corrected chi connectivity index (χ2v) is 5.57. The summed E-state index contributed by atoms with van der Waals surface area (Å²) in [4.78, 5) is 16.6. The molecule has 0 amide bonds. The minimum atomic E-state index is 0.827. The van der Waals surface area contributed by atoms with Crippen molar-refractivity contribution in [1.29, 1.82) is 0 Å². The number of aryl methyl sites for hydroxylation is 2. The lowest BCUT2D eigenvalue weighted by atomic mass is 10.2. The fourth-order valence-electron chi connectivity index (χ4n) is 2.65. The Labute approximate surface area is 140 Å². The van der Waals surface area contributed by atoms with Crippen LogP contribution in [0.15, 0.2) is 73.4 Å². The number of aromatic nitrogens is 5. The van der Waals surface area contributed by atoms with Gasteiger partial charge in [-0.2, -0.15) is 0 Å². The highest BCUT2D eigenvalue weighted by atomic mass is 15.1. The molecule has 4 rings (SSSR count). The van der Waals surface area contributed by atoms with Gasteiger partial charge < -0.3 is 4.98 Å². The summed E-state index contributed by atoms with van der Waals surface area (Å²) in [5.74, 6) is 1.86. The smallest absolute Gasteiger partial charge is 0.138 e. The fraction of sp³-hybridized carbons (Fsp3) is 0.105. The Morgan fingerprint density at radius 1 is 0.958 bits per heavy atom. The van der Waals surface area contributed by atoms with E-state index in [9.17, 15) is 0 Å². The fourth-order valence-corrected chi connectivity index (χ4v) is 2.65. The van der Waals surface area contributed by atoms with Crippen LogP contribution in [0, 0.1) is 0 Å². The molecular weight excluding hydrogens is 298 g/mol. The third-order valence-corrected chi connectivity index (χ3v) is 3.89. The first kappa shape index (κ1) is 14.4. The van der Waals surface area contributed by atoms with Crippen LogP contribution in [0.25, 0.3) is 17.1 Å². The van der Waals surface area contributed by atoms with Crippen molar-refractivity contribution in [1.82, 2.24) is 24.5 Å². The summed E-state index contributed by atoms with van der Waals surface area (Å²) in [6, 6.07) is 16.3. The van der Waals surface area contributed by atoms with Gasteiger partial charge in [0.2, 0.25) is 0 Å². The maximum Gasteiger partial charge on any atom is 0.138 e. The number of hydrogen-bond donors (Lipinski definition) is 1. The third kappa shape index (κ3) is 3.10. The summed E-state index contributed by atoms with van der Waals surface area (Å²) in [5, 5.41) is 0. The average Bonchev–Trinajstić information content (AvgIpc) is 3.33. The van der Waals surface area contributed by atoms with Gasteiger partial charge in [-0.25, -0.2) is 15.0 Å². The minimum absolute atomic E-state index is 0.827. The number of rotatable bonds is 5. The quantitative estimate of drug-likeness (QED) is 0.614. The average molecular weight is 315 g/mol. The van der Waals surface area contributed by atoms with Gasteiger partial charge in [0.05, 0.1) is 11.9 Å². The van der Waals surface area contributed by atoms with Gasteiger partial charge >= 0.3 is 0 Å². The Bertz CT molecular complexity index is 910. The van der Waals surface area contributed by atoms with Crippen LogP contribution in [0.5, 0.6) is 0 Å². The molecule has 1 N–H and O–H groups in total. The van der Waals surface area contributed by atoms with E-state index in [4.69, 9.17) is 0 Å². The van der Waals surface area contributed by atoms with Crippen LogP contribution in [0.3, 0.4) is 0 Å². The molecule has 0 aliphatic carbocycles. The van der Waals surface area contributed by atoms with Crippen molar-refractivity contribution in [3.05, 3.63) is 85.0 Å². The van der Waals surface area contributed by atoms with E-state index in [2.05, 4.69) is 32.1 Å². The molecule has 0 saturated heterocycles. The summed E-state index contributed by atoms with van der Waals surface area (Å²) in [6.07, 6.45) is 8.95. The van der Waals surface area contributed by atoms with E-state index < -0.39 is 0 Å². The van der Waals surface area contributed by atoms with Crippen molar-refractivity contribution in [2.75, 3.05) is 0 Å². The molecule has 24 heavy (non-hydrogen) atoms. The minimum Gasteiger partial charge on any atom is -0.342 e. The van der Waals surface area contributed by atoms with E-state index in [1.54, 1.807) is 12.5 Å². The van der Waals surface area contributed by atoms with Gasteiger partial charge in [0.15, 0.2) is 0 Å². The first-order valence-corrected chi connectivity index (χ1v) is 7.92. The lowest BCUT2D eigenvalue weighted by Crippen LogP contribution is -2.00. The predicted molar refractivity (Wildman–Crippen MR) is 92.8 cm³/mol. The van der Waals surface area contributed by atoms with Gasteiger partial charge in [-0.1, -0.05) is 36.4 Å². The first-order valence-electron chi connectivity index (χ1n) is 7.92. The number of hydrogen-bond acceptors (Lipinski definition) is 3. The van der Waals surface area contributed by atoms with E-state index in [1.807, 2.05) is 53.4 Å². The van der Waals surface area contributed by atoms with Gasteiger partial charge in [0.25, 0.3) is 0 Å². The van der Waals surface area contributed by atoms with E-state index in [0.29, 0.717) is 0 Å². The zero-order chi connectivity index (χ0) is 16.2. The molecule has 5 nitrogen and oxygen atoms in total. The Balaban J connectivity index is 1.46. The standard InChI is InChI=1S/C19H17N5/c1-2-5-15(6-3-1)17-13-21-18(23-17)10-9-16-7-4-8-19(22-16)24-12-11-20-14-24/h1-8,11-14H,9-10H2,(H,21,23). The molecule has 0 aliphatic heterocycles. The lowest BCUT2D eigenvalue weighted by molar-refractivity contribution is 0.844. The van der Waals surface area contributed by atoms with Gasteiger partial charge in [0, 0.05) is 24.5 Å². The van der Waals surface area contributed by atoms with Gasteiger partial charge in [-0.15, -0.1) is 0 Å². The molecule has 0 bridgehead atoms. The molecule has 0 radical (unpaired) electrons. The summed E-state index contributed by atoms with van der Waals surface area (Å²) >= 11 is 0. The zero-order valence-electron chi connectivity index (χ0n) is 13.1. The number of pyridine rings is 1. The van der Waals surface area contributed by atoms with E-state index in [1.165, 1.54) is 0 Å². The van der Waals surface area contributed by atoms with Crippen molar-refractivity contribution < 1.29 is 0 Å². The van der Waals surface area contributed by atoms with E-state index in [-0.39, 0.29) is 0 Å². The predicted octanol–water partition coefficient (Wildman–Crippen LogP) is 3.44. The second-order valence-electron chi connectivity index (χ2n) is 5.57. The molecular formula is C19H17N5. The molecule has 0 fully saturated rings. The van der Waals surface area contributed by atoms with Crippen LogP contribution < -0.4 is 0 Å². The van der Waals surface area contributed by atoms with Crippen LogP contribution in [0.2, 0.25) is 0 Å². The molecule has 0 unspecified atom stereocenters. The van der Waals surface area contributed by atoms with Crippen LogP contribution in [-0.2, 0) is 12.8 Å². The van der Waals surface area contributed by atoms with Crippen molar-refractivity contribution >= 4 is 0 Å². The largest absolute Gasteiger partial charge is 0.342 e. The van der Waals surface area contributed by atoms with Crippen molar-refractivity contribution in [2.45, 2.75) is 12.8 Å². The molecule has 3 aromatic heterocycles. The normalized spacial score (nSPS) is 10.8. The van der Waals surface area contributed by atoms with Crippen molar-refractivity contribution in [2.24, 2.45) is 0 Å². The molecule has 3 heterocycles. The second kappa shape index (κ2) is 6.50. The summed E-state index contributed by atoms with van der Waals surface area (Å²) in [5.41, 5.74) is 3.24. The summed E-state index contributed by atoms with van der Waals surface area (Å²) in [6.45, 7) is 0. The monoisotopic (exact) mass is 315 g/mol. The highest BCUT2D eigenvalue weighted by Gasteiger charge is 2.05. The lowest BCUT2D eigenvalue weighted by Gasteiger charge is -2.04. The Morgan fingerprint density at radius 3 is 2.71 bits per heavy atom. The van der Waals surface area contributed by atoms with Gasteiger partial charge in [-0.3, -0.25) is 4.57 Å². The maximum absolute atomic E-state index is 4.68. The maximum atomic E-state index is 4.68. The van der Waals surface area contributed by atoms with Crippen LogP contribution in [-0.4, -0.2) is 24.5 Å². The highest BCUT2D eigenvalue weighted by molar-refractivity contribution is 5.57. The van der Waals surface area contributed by atoms with E-state index >= 15 is 0 Å². The van der Waals surface area contributed by atoms with Crippen LogP contribution in [0.4, 0.5) is 0 Å². The van der Waals surface area contributed by atoms with Gasteiger partial charge in [-0.05, 0) is 24.1 Å². The highest BCUT2D eigenvalue weighted by Crippen LogP contribution is 2.16. The Hall–Kier alpha value is -3.21. The van der Waals surface area contributed by atoms with Crippen LogP contribution in [0.1, 0.15) is 11.5 Å². The van der Waals surface area contributed by atoms with Gasteiger partial charge in [0.1, 0.15) is 18.0 Å². The molecule has 0 spiro atoms. The Kier molecular flexibility index (Phi) is 3.90. The summed E-state index contributed by atoms with van der Waals surface area (Å²) < 4.78 is 1.91. The molecule has 0 atom stereocenters.